The maximum Gasteiger partial charge on any atom is 0.354 e. The van der Waals surface area contributed by atoms with E-state index >= 15 is 0 Å². The molecule has 0 unspecified atom stereocenters. The van der Waals surface area contributed by atoms with Crippen molar-refractivity contribution in [3.05, 3.63) is 47.3 Å². The highest BCUT2D eigenvalue weighted by atomic mass is 16.5. The van der Waals surface area contributed by atoms with Crippen molar-refractivity contribution in [2.75, 3.05) is 13.7 Å². The molecule has 0 atom stereocenters. The average Bonchev–Trinajstić information content (AvgIpc) is 2.89. The lowest BCUT2D eigenvalue weighted by molar-refractivity contribution is 0.0684. The molecule has 112 valence electrons. The van der Waals surface area contributed by atoms with E-state index in [4.69, 9.17) is 4.74 Å². The molecular formula is C15H19N3O3. The first-order valence-corrected chi connectivity index (χ1v) is 6.77. The molecule has 6 nitrogen and oxygen atoms in total. The summed E-state index contributed by atoms with van der Waals surface area (Å²) in [7, 11) is 1.61. The molecule has 0 amide bonds. The maximum atomic E-state index is 11.3. The summed E-state index contributed by atoms with van der Waals surface area (Å²) in [5, 5.41) is 16.7. The van der Waals surface area contributed by atoms with Gasteiger partial charge in [0.05, 0.1) is 19.3 Å². The van der Waals surface area contributed by atoms with Gasteiger partial charge in [-0.1, -0.05) is 19.1 Å². The number of hydrogen-bond donors (Lipinski definition) is 2. The van der Waals surface area contributed by atoms with Crippen LogP contribution in [0.15, 0.2) is 30.3 Å². The molecule has 0 aliphatic rings. The lowest BCUT2D eigenvalue weighted by atomic mass is 10.2. The molecule has 2 aromatic rings. The van der Waals surface area contributed by atoms with Gasteiger partial charge in [0.25, 0.3) is 0 Å². The molecule has 1 aromatic heterocycles. The van der Waals surface area contributed by atoms with Crippen LogP contribution in [-0.2, 0) is 13.1 Å². The van der Waals surface area contributed by atoms with Crippen LogP contribution in [-0.4, -0.2) is 34.5 Å². The summed E-state index contributed by atoms with van der Waals surface area (Å²) in [6.07, 6.45) is 0. The number of methoxy groups -OCH3 is 1. The number of carboxylic acid groups (broad SMARTS) is 1. The number of aromatic carboxylic acids is 1. The molecule has 21 heavy (non-hydrogen) atoms. The Kier molecular flexibility index (Phi) is 4.94. The Morgan fingerprint density at radius 2 is 2.10 bits per heavy atom. The average molecular weight is 289 g/mol. The number of benzene rings is 1. The third-order valence-corrected chi connectivity index (χ3v) is 3.10. The third-order valence-electron chi connectivity index (χ3n) is 3.10. The molecule has 2 N–H and O–H groups in total. The van der Waals surface area contributed by atoms with Crippen LogP contribution in [0, 0.1) is 0 Å². The molecular weight excluding hydrogens is 270 g/mol. The van der Waals surface area contributed by atoms with E-state index in [0.29, 0.717) is 13.1 Å². The standard InChI is InChI=1S/C15H19N3O3/c1-3-16-9-12-8-14(15(19)20)18(17-12)10-11-4-6-13(21-2)7-5-11/h4-8,16H,3,9-10H2,1-2H3,(H,19,20). The van der Waals surface area contributed by atoms with E-state index in [-0.39, 0.29) is 5.69 Å². The smallest absolute Gasteiger partial charge is 0.354 e. The zero-order chi connectivity index (χ0) is 15.2. The van der Waals surface area contributed by atoms with E-state index in [1.54, 1.807) is 13.2 Å². The van der Waals surface area contributed by atoms with Crippen molar-refractivity contribution in [2.24, 2.45) is 0 Å². The zero-order valence-electron chi connectivity index (χ0n) is 12.2. The van der Waals surface area contributed by atoms with Gasteiger partial charge in [-0.05, 0) is 30.3 Å². The first kappa shape index (κ1) is 15.1. The second kappa shape index (κ2) is 6.90. The predicted molar refractivity (Wildman–Crippen MR) is 78.7 cm³/mol. The number of carboxylic acids is 1. The lowest BCUT2D eigenvalue weighted by Gasteiger charge is -2.06. The molecule has 0 saturated heterocycles. The summed E-state index contributed by atoms with van der Waals surface area (Å²) in [5.74, 6) is -0.204. The summed E-state index contributed by atoms with van der Waals surface area (Å²) >= 11 is 0. The van der Waals surface area contributed by atoms with E-state index in [1.165, 1.54) is 4.68 Å². The number of nitrogens with one attached hydrogen (secondary N) is 1. The fourth-order valence-corrected chi connectivity index (χ4v) is 2.01. The molecule has 0 saturated carbocycles. The Morgan fingerprint density at radius 1 is 1.38 bits per heavy atom. The monoisotopic (exact) mass is 289 g/mol. The van der Waals surface area contributed by atoms with Gasteiger partial charge in [0.1, 0.15) is 11.4 Å². The van der Waals surface area contributed by atoms with Gasteiger partial charge in [-0.15, -0.1) is 0 Å². The minimum Gasteiger partial charge on any atom is -0.497 e. The van der Waals surface area contributed by atoms with Crippen molar-refractivity contribution < 1.29 is 14.6 Å². The van der Waals surface area contributed by atoms with Crippen LogP contribution in [0.4, 0.5) is 0 Å². The minimum atomic E-state index is -0.973. The summed E-state index contributed by atoms with van der Waals surface area (Å²) in [5.41, 5.74) is 1.89. The molecule has 0 aliphatic carbocycles. The molecule has 1 aromatic carbocycles. The summed E-state index contributed by atoms with van der Waals surface area (Å²) in [6.45, 7) is 3.78. The molecule has 0 radical (unpaired) electrons. The molecule has 2 rings (SSSR count). The fraction of sp³-hybridized carbons (Fsp3) is 0.333. The van der Waals surface area contributed by atoms with Crippen molar-refractivity contribution in [1.29, 1.82) is 0 Å². The van der Waals surface area contributed by atoms with Gasteiger partial charge in [0, 0.05) is 6.54 Å². The highest BCUT2D eigenvalue weighted by Crippen LogP contribution is 2.14. The highest BCUT2D eigenvalue weighted by Gasteiger charge is 2.14. The fourth-order valence-electron chi connectivity index (χ4n) is 2.01. The Hall–Kier alpha value is -2.34. The van der Waals surface area contributed by atoms with Gasteiger partial charge in [0.2, 0.25) is 0 Å². The van der Waals surface area contributed by atoms with Crippen LogP contribution in [0.1, 0.15) is 28.7 Å². The van der Waals surface area contributed by atoms with Crippen LogP contribution in [0.5, 0.6) is 5.75 Å². The van der Waals surface area contributed by atoms with Gasteiger partial charge in [-0.25, -0.2) is 4.79 Å². The largest absolute Gasteiger partial charge is 0.497 e. The van der Waals surface area contributed by atoms with E-state index < -0.39 is 5.97 Å². The quantitative estimate of drug-likeness (QED) is 0.812. The van der Waals surface area contributed by atoms with E-state index in [2.05, 4.69) is 10.4 Å². The second-order valence-electron chi connectivity index (χ2n) is 4.61. The Bertz CT molecular complexity index is 605. The maximum absolute atomic E-state index is 11.3. The molecule has 6 heteroatoms. The lowest BCUT2D eigenvalue weighted by Crippen LogP contribution is -2.13. The summed E-state index contributed by atoms with van der Waals surface area (Å²) in [4.78, 5) is 11.3. The van der Waals surface area contributed by atoms with Crippen LogP contribution in [0.25, 0.3) is 0 Å². The first-order chi connectivity index (χ1) is 10.1. The molecule has 0 fully saturated rings. The minimum absolute atomic E-state index is 0.193. The van der Waals surface area contributed by atoms with E-state index in [9.17, 15) is 9.90 Å². The van der Waals surface area contributed by atoms with Gasteiger partial charge in [0.15, 0.2) is 0 Å². The van der Waals surface area contributed by atoms with Crippen LogP contribution in [0.2, 0.25) is 0 Å². The Morgan fingerprint density at radius 3 is 2.67 bits per heavy atom. The molecule has 0 aliphatic heterocycles. The first-order valence-electron chi connectivity index (χ1n) is 6.77. The Balaban J connectivity index is 2.20. The number of nitrogens with zero attached hydrogens (tertiary/aromatic N) is 2. The number of ether oxygens (including phenoxy) is 1. The van der Waals surface area contributed by atoms with E-state index in [0.717, 1.165) is 23.6 Å². The molecule has 0 spiro atoms. The van der Waals surface area contributed by atoms with Crippen molar-refractivity contribution in [3.8, 4) is 5.75 Å². The van der Waals surface area contributed by atoms with Crippen molar-refractivity contribution in [2.45, 2.75) is 20.0 Å². The van der Waals surface area contributed by atoms with Crippen molar-refractivity contribution in [1.82, 2.24) is 15.1 Å². The van der Waals surface area contributed by atoms with Crippen molar-refractivity contribution >= 4 is 5.97 Å². The van der Waals surface area contributed by atoms with Gasteiger partial charge in [-0.2, -0.15) is 5.10 Å². The highest BCUT2D eigenvalue weighted by molar-refractivity contribution is 5.85. The summed E-state index contributed by atoms with van der Waals surface area (Å²) in [6, 6.07) is 9.10. The van der Waals surface area contributed by atoms with E-state index in [1.807, 2.05) is 31.2 Å². The van der Waals surface area contributed by atoms with Crippen LogP contribution >= 0.6 is 0 Å². The third kappa shape index (κ3) is 3.82. The van der Waals surface area contributed by atoms with Gasteiger partial charge in [-0.3, -0.25) is 4.68 Å². The number of hydrogen-bond acceptors (Lipinski definition) is 4. The number of carbonyl (C=O) groups is 1. The topological polar surface area (TPSA) is 76.4 Å². The Labute approximate surface area is 123 Å². The second-order valence-corrected chi connectivity index (χ2v) is 4.61. The van der Waals surface area contributed by atoms with Crippen LogP contribution in [0.3, 0.4) is 0 Å². The number of aromatic nitrogens is 2. The van der Waals surface area contributed by atoms with Gasteiger partial charge < -0.3 is 15.2 Å². The van der Waals surface area contributed by atoms with Crippen molar-refractivity contribution in [3.63, 3.8) is 0 Å². The predicted octanol–water partition coefficient (Wildman–Crippen LogP) is 1.75. The molecule has 1 heterocycles. The summed E-state index contributed by atoms with van der Waals surface area (Å²) < 4.78 is 6.62. The SMILES string of the molecule is CCNCc1cc(C(=O)O)n(Cc2ccc(OC)cc2)n1. The molecule has 0 bridgehead atoms. The normalized spacial score (nSPS) is 10.6. The van der Waals surface area contributed by atoms with Crippen LogP contribution < -0.4 is 10.1 Å². The number of rotatable bonds is 7. The van der Waals surface area contributed by atoms with Gasteiger partial charge >= 0.3 is 5.97 Å². The zero-order valence-corrected chi connectivity index (χ0v) is 12.2.